The van der Waals surface area contributed by atoms with Gasteiger partial charge in [-0.15, -0.1) is 0 Å². The summed E-state index contributed by atoms with van der Waals surface area (Å²) in [6.07, 6.45) is 8.74. The minimum atomic E-state index is -0.243. The number of hydrogen-bond acceptors (Lipinski definition) is 2. The van der Waals surface area contributed by atoms with Crippen molar-refractivity contribution < 1.29 is 9.53 Å². The second kappa shape index (κ2) is 9.37. The van der Waals surface area contributed by atoms with Crippen molar-refractivity contribution in [1.29, 1.82) is 0 Å². The predicted octanol–water partition coefficient (Wildman–Crippen LogP) is 4.60. The van der Waals surface area contributed by atoms with Crippen molar-refractivity contribution in [3.05, 3.63) is 42.0 Å². The largest absolute Gasteiger partial charge is 0.459 e. The van der Waals surface area contributed by atoms with E-state index in [0.29, 0.717) is 0 Å². The van der Waals surface area contributed by atoms with E-state index in [1.54, 1.807) is 6.08 Å². The third-order valence-electron chi connectivity index (χ3n) is 3.08. The van der Waals surface area contributed by atoms with Gasteiger partial charge in [0.15, 0.2) is 0 Å². The van der Waals surface area contributed by atoms with Gasteiger partial charge in [0, 0.05) is 6.08 Å². The molecule has 0 radical (unpaired) electrons. The maximum Gasteiger partial charge on any atom is 0.331 e. The monoisotopic (exact) mass is 260 g/mol. The summed E-state index contributed by atoms with van der Waals surface area (Å²) in [6.45, 7) is 4.24. The zero-order chi connectivity index (χ0) is 13.9. The number of unbranched alkanes of at least 4 members (excludes halogenated alkanes) is 2. The first-order chi connectivity index (χ1) is 9.26. The first kappa shape index (κ1) is 15.5. The number of esters is 1. The smallest absolute Gasteiger partial charge is 0.331 e. The van der Waals surface area contributed by atoms with Crippen molar-refractivity contribution >= 4 is 12.0 Å². The van der Waals surface area contributed by atoms with Crippen molar-refractivity contribution in [2.45, 2.75) is 52.1 Å². The molecule has 1 aromatic carbocycles. The highest BCUT2D eigenvalue weighted by Crippen LogP contribution is 2.11. The molecular weight excluding hydrogens is 236 g/mol. The summed E-state index contributed by atoms with van der Waals surface area (Å²) in [4.78, 5) is 11.7. The second-order valence-corrected chi connectivity index (χ2v) is 4.71. The quantitative estimate of drug-likeness (QED) is 0.388. The lowest BCUT2D eigenvalue weighted by atomic mass is 10.1. The van der Waals surface area contributed by atoms with Gasteiger partial charge in [0.25, 0.3) is 0 Å². The van der Waals surface area contributed by atoms with Gasteiger partial charge in [-0.05, 0) is 30.9 Å². The summed E-state index contributed by atoms with van der Waals surface area (Å²) in [5.74, 6) is -0.243. The summed E-state index contributed by atoms with van der Waals surface area (Å²) in [5.41, 5.74) is 1.01. The number of carbonyl (C=O) groups excluding carboxylic acids is 1. The van der Waals surface area contributed by atoms with Crippen LogP contribution in [0.3, 0.4) is 0 Å². The summed E-state index contributed by atoms with van der Waals surface area (Å²) in [6, 6.07) is 9.77. The minimum Gasteiger partial charge on any atom is -0.459 e. The highest BCUT2D eigenvalue weighted by molar-refractivity contribution is 5.87. The Morgan fingerprint density at radius 3 is 2.58 bits per heavy atom. The molecule has 0 saturated heterocycles. The van der Waals surface area contributed by atoms with Gasteiger partial charge in [0.2, 0.25) is 0 Å². The highest BCUT2D eigenvalue weighted by Gasteiger charge is 2.09. The van der Waals surface area contributed by atoms with Crippen LogP contribution in [-0.4, -0.2) is 12.1 Å². The topological polar surface area (TPSA) is 26.3 Å². The molecule has 0 aliphatic carbocycles. The molecule has 0 amide bonds. The molecule has 104 valence electrons. The van der Waals surface area contributed by atoms with Gasteiger partial charge in [0.1, 0.15) is 6.10 Å². The van der Waals surface area contributed by atoms with Crippen LogP contribution in [0.1, 0.15) is 51.5 Å². The molecule has 0 bridgehead atoms. The number of benzene rings is 1. The van der Waals surface area contributed by atoms with Crippen LogP contribution in [0.25, 0.3) is 6.08 Å². The van der Waals surface area contributed by atoms with Gasteiger partial charge in [0.05, 0.1) is 0 Å². The summed E-state index contributed by atoms with van der Waals surface area (Å²) < 4.78 is 5.44. The summed E-state index contributed by atoms with van der Waals surface area (Å²) in [7, 11) is 0. The Hall–Kier alpha value is -1.57. The van der Waals surface area contributed by atoms with Crippen LogP contribution in [-0.2, 0) is 9.53 Å². The Morgan fingerprint density at radius 2 is 1.95 bits per heavy atom. The van der Waals surface area contributed by atoms with Crippen LogP contribution in [0, 0.1) is 0 Å². The third kappa shape index (κ3) is 6.80. The second-order valence-electron chi connectivity index (χ2n) is 4.71. The van der Waals surface area contributed by atoms with Crippen molar-refractivity contribution in [3.8, 4) is 0 Å². The maximum atomic E-state index is 11.7. The molecule has 1 aromatic rings. The van der Waals surface area contributed by atoms with Crippen LogP contribution >= 0.6 is 0 Å². The molecule has 0 saturated carbocycles. The van der Waals surface area contributed by atoms with E-state index in [4.69, 9.17) is 4.74 Å². The van der Waals surface area contributed by atoms with E-state index in [2.05, 4.69) is 13.8 Å². The molecule has 2 nitrogen and oxygen atoms in total. The fraction of sp³-hybridized carbons (Fsp3) is 0.471. The molecule has 2 heteroatoms. The lowest BCUT2D eigenvalue weighted by Gasteiger charge is -2.14. The van der Waals surface area contributed by atoms with E-state index in [0.717, 1.165) is 24.8 Å². The zero-order valence-electron chi connectivity index (χ0n) is 12.0. The number of hydrogen-bond donors (Lipinski definition) is 0. The van der Waals surface area contributed by atoms with Gasteiger partial charge in [-0.3, -0.25) is 0 Å². The molecule has 0 heterocycles. The summed E-state index contributed by atoms with van der Waals surface area (Å²) >= 11 is 0. The number of carbonyl (C=O) groups is 1. The molecular formula is C17H24O2. The molecule has 0 N–H and O–H groups in total. The molecule has 0 fully saturated rings. The Labute approximate surface area is 116 Å². The van der Waals surface area contributed by atoms with Crippen LogP contribution in [0.15, 0.2) is 36.4 Å². The molecule has 19 heavy (non-hydrogen) atoms. The maximum absolute atomic E-state index is 11.7. The first-order valence-corrected chi connectivity index (χ1v) is 7.20. The normalized spacial score (nSPS) is 12.5. The van der Waals surface area contributed by atoms with Crippen molar-refractivity contribution in [1.82, 2.24) is 0 Å². The Bertz CT molecular complexity index is 382. The molecule has 1 unspecified atom stereocenters. The number of rotatable bonds is 8. The van der Waals surface area contributed by atoms with E-state index >= 15 is 0 Å². The van der Waals surface area contributed by atoms with Crippen molar-refractivity contribution in [3.63, 3.8) is 0 Å². The van der Waals surface area contributed by atoms with E-state index in [9.17, 15) is 4.79 Å². The number of ether oxygens (including phenoxy) is 1. The Kier molecular flexibility index (Phi) is 7.64. The van der Waals surface area contributed by atoms with E-state index in [1.807, 2.05) is 30.3 Å². The Balaban J connectivity index is 2.38. The standard InChI is InChI=1S/C17H24O2/c1-3-5-7-12-16(4-2)19-17(18)14-13-15-10-8-6-9-11-15/h6,8-11,13-14,16H,3-5,7,12H2,1-2H3/b14-13+. The Morgan fingerprint density at radius 1 is 1.21 bits per heavy atom. The fourth-order valence-corrected chi connectivity index (χ4v) is 1.90. The minimum absolute atomic E-state index is 0.0551. The van der Waals surface area contributed by atoms with E-state index < -0.39 is 0 Å². The fourth-order valence-electron chi connectivity index (χ4n) is 1.90. The molecule has 0 aliphatic rings. The summed E-state index contributed by atoms with van der Waals surface area (Å²) in [5, 5.41) is 0. The predicted molar refractivity (Wildman–Crippen MR) is 79.8 cm³/mol. The van der Waals surface area contributed by atoms with E-state index in [1.165, 1.54) is 18.9 Å². The lowest BCUT2D eigenvalue weighted by Crippen LogP contribution is -2.15. The average molecular weight is 260 g/mol. The van der Waals surface area contributed by atoms with Crippen LogP contribution in [0.2, 0.25) is 0 Å². The first-order valence-electron chi connectivity index (χ1n) is 7.20. The van der Waals surface area contributed by atoms with Gasteiger partial charge in [-0.2, -0.15) is 0 Å². The molecule has 1 atom stereocenters. The van der Waals surface area contributed by atoms with Crippen LogP contribution < -0.4 is 0 Å². The van der Waals surface area contributed by atoms with Crippen LogP contribution in [0.5, 0.6) is 0 Å². The van der Waals surface area contributed by atoms with Crippen LogP contribution in [0.4, 0.5) is 0 Å². The van der Waals surface area contributed by atoms with E-state index in [-0.39, 0.29) is 12.1 Å². The SMILES string of the molecule is CCCCCC(CC)OC(=O)/C=C/c1ccccc1. The van der Waals surface area contributed by atoms with Gasteiger partial charge >= 0.3 is 5.97 Å². The van der Waals surface area contributed by atoms with Gasteiger partial charge in [-0.25, -0.2) is 4.79 Å². The zero-order valence-corrected chi connectivity index (χ0v) is 12.0. The molecule has 0 spiro atoms. The third-order valence-corrected chi connectivity index (χ3v) is 3.08. The van der Waals surface area contributed by atoms with Crippen molar-refractivity contribution in [2.24, 2.45) is 0 Å². The van der Waals surface area contributed by atoms with Gasteiger partial charge in [-0.1, -0.05) is 57.0 Å². The lowest BCUT2D eigenvalue weighted by molar-refractivity contribution is -0.143. The molecule has 1 rings (SSSR count). The average Bonchev–Trinajstić information content (AvgIpc) is 2.45. The molecule has 0 aliphatic heterocycles. The van der Waals surface area contributed by atoms with Gasteiger partial charge < -0.3 is 4.74 Å². The van der Waals surface area contributed by atoms with Crippen molar-refractivity contribution in [2.75, 3.05) is 0 Å². The molecule has 0 aromatic heterocycles. The highest BCUT2D eigenvalue weighted by atomic mass is 16.5.